The lowest BCUT2D eigenvalue weighted by molar-refractivity contribution is -0.385. The normalized spacial score (nSPS) is 10.3. The Morgan fingerprint density at radius 3 is 2.60 bits per heavy atom. The highest BCUT2D eigenvalue weighted by atomic mass is 79.9. The van der Waals surface area contributed by atoms with Gasteiger partial charge in [0.1, 0.15) is 0 Å². The van der Waals surface area contributed by atoms with Crippen molar-refractivity contribution < 1.29 is 4.92 Å². The third-order valence-corrected chi connectivity index (χ3v) is 3.62. The Morgan fingerprint density at radius 2 is 2.00 bits per heavy atom. The standard InChI is InChI=1S/C14H14BrN3O2/c1-17(10-11-4-6-16-7-5-11)13-2-3-14(18(19)20)12(8-13)9-15/h2-8H,9-10H2,1H3. The molecule has 1 aromatic carbocycles. The molecule has 0 unspecified atom stereocenters. The zero-order valence-electron chi connectivity index (χ0n) is 11.0. The fourth-order valence-corrected chi connectivity index (χ4v) is 2.40. The van der Waals surface area contributed by atoms with Gasteiger partial charge in [0, 0.05) is 48.6 Å². The molecule has 0 bridgehead atoms. The number of nitrogens with zero attached hydrogens (tertiary/aromatic N) is 3. The van der Waals surface area contributed by atoms with E-state index in [0.29, 0.717) is 10.9 Å². The topological polar surface area (TPSA) is 59.3 Å². The number of hydrogen-bond donors (Lipinski definition) is 0. The SMILES string of the molecule is CN(Cc1ccncc1)c1ccc([N+](=O)[O-])c(CBr)c1. The summed E-state index contributed by atoms with van der Waals surface area (Å²) in [6.45, 7) is 0.724. The van der Waals surface area contributed by atoms with E-state index in [-0.39, 0.29) is 10.6 Å². The van der Waals surface area contributed by atoms with Crippen LogP contribution in [0.1, 0.15) is 11.1 Å². The van der Waals surface area contributed by atoms with Crippen molar-refractivity contribution in [3.8, 4) is 0 Å². The highest BCUT2D eigenvalue weighted by molar-refractivity contribution is 9.08. The van der Waals surface area contributed by atoms with E-state index in [4.69, 9.17) is 0 Å². The minimum atomic E-state index is -0.358. The van der Waals surface area contributed by atoms with Gasteiger partial charge in [-0.2, -0.15) is 0 Å². The van der Waals surface area contributed by atoms with Crippen LogP contribution in [0, 0.1) is 10.1 Å². The van der Waals surface area contributed by atoms with E-state index in [2.05, 4.69) is 20.9 Å². The van der Waals surface area contributed by atoms with Crippen LogP contribution in [0.2, 0.25) is 0 Å². The molecule has 20 heavy (non-hydrogen) atoms. The van der Waals surface area contributed by atoms with E-state index in [0.717, 1.165) is 17.8 Å². The van der Waals surface area contributed by atoms with Crippen LogP contribution in [0.5, 0.6) is 0 Å². The molecule has 2 rings (SSSR count). The summed E-state index contributed by atoms with van der Waals surface area (Å²) in [5, 5.41) is 11.4. The summed E-state index contributed by atoms with van der Waals surface area (Å²) < 4.78 is 0. The Balaban J connectivity index is 2.22. The number of halogens is 1. The number of rotatable bonds is 5. The van der Waals surface area contributed by atoms with Gasteiger partial charge in [0.25, 0.3) is 5.69 Å². The van der Waals surface area contributed by atoms with Gasteiger partial charge in [-0.3, -0.25) is 15.1 Å². The van der Waals surface area contributed by atoms with Crippen molar-refractivity contribution in [3.63, 3.8) is 0 Å². The summed E-state index contributed by atoms with van der Waals surface area (Å²) in [6.07, 6.45) is 3.51. The summed E-state index contributed by atoms with van der Waals surface area (Å²) in [7, 11) is 1.96. The van der Waals surface area contributed by atoms with E-state index >= 15 is 0 Å². The summed E-state index contributed by atoms with van der Waals surface area (Å²) in [5.74, 6) is 0. The van der Waals surface area contributed by atoms with Crippen molar-refractivity contribution in [2.75, 3.05) is 11.9 Å². The first-order valence-electron chi connectivity index (χ1n) is 6.05. The van der Waals surface area contributed by atoms with Crippen LogP contribution in [-0.4, -0.2) is 17.0 Å². The van der Waals surface area contributed by atoms with Crippen LogP contribution < -0.4 is 4.90 Å². The molecular weight excluding hydrogens is 322 g/mol. The fraction of sp³-hybridized carbons (Fsp3) is 0.214. The van der Waals surface area contributed by atoms with Gasteiger partial charge in [-0.05, 0) is 29.8 Å². The molecule has 104 valence electrons. The van der Waals surface area contributed by atoms with Crippen LogP contribution in [-0.2, 0) is 11.9 Å². The first-order valence-corrected chi connectivity index (χ1v) is 7.17. The average molecular weight is 336 g/mol. The van der Waals surface area contributed by atoms with Gasteiger partial charge >= 0.3 is 0 Å². The van der Waals surface area contributed by atoms with E-state index in [9.17, 15) is 10.1 Å². The van der Waals surface area contributed by atoms with Crippen LogP contribution in [0.4, 0.5) is 11.4 Å². The lowest BCUT2D eigenvalue weighted by atomic mass is 10.1. The minimum absolute atomic E-state index is 0.142. The van der Waals surface area contributed by atoms with Crippen LogP contribution in [0.15, 0.2) is 42.7 Å². The minimum Gasteiger partial charge on any atom is -0.370 e. The third-order valence-electron chi connectivity index (χ3n) is 3.01. The summed E-state index contributed by atoms with van der Waals surface area (Å²) >= 11 is 3.30. The van der Waals surface area contributed by atoms with E-state index in [1.165, 1.54) is 0 Å². The molecule has 2 aromatic rings. The van der Waals surface area contributed by atoms with Crippen molar-refractivity contribution in [1.82, 2.24) is 4.98 Å². The fourth-order valence-electron chi connectivity index (χ4n) is 1.95. The Morgan fingerprint density at radius 1 is 1.30 bits per heavy atom. The quantitative estimate of drug-likeness (QED) is 0.476. The Kier molecular flexibility index (Phi) is 4.68. The predicted molar refractivity (Wildman–Crippen MR) is 82.1 cm³/mol. The summed E-state index contributed by atoms with van der Waals surface area (Å²) in [5.41, 5.74) is 2.90. The molecule has 0 radical (unpaired) electrons. The molecule has 0 spiro atoms. The summed E-state index contributed by atoms with van der Waals surface area (Å²) in [4.78, 5) is 16.6. The number of pyridine rings is 1. The molecule has 5 nitrogen and oxygen atoms in total. The van der Waals surface area contributed by atoms with E-state index in [1.807, 2.05) is 30.1 Å². The number of nitro groups is 1. The van der Waals surface area contributed by atoms with Gasteiger partial charge in [0.2, 0.25) is 0 Å². The zero-order chi connectivity index (χ0) is 14.5. The second-order valence-electron chi connectivity index (χ2n) is 4.42. The van der Waals surface area contributed by atoms with E-state index in [1.54, 1.807) is 24.5 Å². The maximum atomic E-state index is 10.9. The van der Waals surface area contributed by atoms with Gasteiger partial charge in [-0.25, -0.2) is 0 Å². The van der Waals surface area contributed by atoms with Crippen molar-refractivity contribution in [1.29, 1.82) is 0 Å². The molecule has 6 heteroatoms. The Hall–Kier alpha value is -1.95. The highest BCUT2D eigenvalue weighted by Gasteiger charge is 2.14. The molecule has 0 aliphatic carbocycles. The van der Waals surface area contributed by atoms with Gasteiger partial charge < -0.3 is 4.90 Å². The maximum absolute atomic E-state index is 10.9. The number of aromatic nitrogens is 1. The molecule has 0 amide bonds. The first kappa shape index (κ1) is 14.5. The largest absolute Gasteiger partial charge is 0.370 e. The van der Waals surface area contributed by atoms with Crippen LogP contribution in [0.3, 0.4) is 0 Å². The van der Waals surface area contributed by atoms with Crippen LogP contribution >= 0.6 is 15.9 Å². The molecule has 0 aliphatic heterocycles. The molecule has 1 aromatic heterocycles. The smallest absolute Gasteiger partial charge is 0.273 e. The number of nitro benzene ring substituents is 1. The number of benzene rings is 1. The first-order chi connectivity index (χ1) is 9.61. The van der Waals surface area contributed by atoms with Crippen molar-refractivity contribution in [2.45, 2.75) is 11.9 Å². The molecule has 1 heterocycles. The lowest BCUT2D eigenvalue weighted by Gasteiger charge is -2.20. The number of hydrogen-bond acceptors (Lipinski definition) is 4. The highest BCUT2D eigenvalue weighted by Crippen LogP contribution is 2.27. The molecule has 0 fully saturated rings. The Bertz CT molecular complexity index is 605. The van der Waals surface area contributed by atoms with Crippen LogP contribution in [0.25, 0.3) is 0 Å². The van der Waals surface area contributed by atoms with E-state index < -0.39 is 0 Å². The van der Waals surface area contributed by atoms with Gasteiger partial charge in [0.05, 0.1) is 4.92 Å². The number of alkyl halides is 1. The van der Waals surface area contributed by atoms with Gasteiger partial charge in [-0.15, -0.1) is 0 Å². The second kappa shape index (κ2) is 6.47. The lowest BCUT2D eigenvalue weighted by Crippen LogP contribution is -2.16. The monoisotopic (exact) mass is 335 g/mol. The molecule has 0 N–H and O–H groups in total. The number of anilines is 1. The molecule has 0 saturated heterocycles. The predicted octanol–water partition coefficient (Wildman–Crippen LogP) is 3.52. The van der Waals surface area contributed by atoms with Crippen molar-refractivity contribution >= 4 is 27.3 Å². The Labute approximate surface area is 125 Å². The zero-order valence-corrected chi connectivity index (χ0v) is 12.6. The summed E-state index contributed by atoms with van der Waals surface area (Å²) in [6, 6.07) is 9.06. The second-order valence-corrected chi connectivity index (χ2v) is 4.98. The maximum Gasteiger partial charge on any atom is 0.273 e. The average Bonchev–Trinajstić information content (AvgIpc) is 2.47. The third kappa shape index (κ3) is 3.33. The van der Waals surface area contributed by atoms with Crippen molar-refractivity contribution in [3.05, 3.63) is 64.0 Å². The molecule has 0 atom stereocenters. The van der Waals surface area contributed by atoms with Crippen molar-refractivity contribution in [2.24, 2.45) is 0 Å². The van der Waals surface area contributed by atoms with Gasteiger partial charge in [-0.1, -0.05) is 15.9 Å². The van der Waals surface area contributed by atoms with Gasteiger partial charge in [0.15, 0.2) is 0 Å². The molecular formula is C14H14BrN3O2. The molecule has 0 aliphatic rings. The molecule has 0 saturated carbocycles.